The Labute approximate surface area is 176 Å². The highest BCUT2D eigenvalue weighted by molar-refractivity contribution is 5.93. The number of aromatic nitrogens is 2. The van der Waals surface area contributed by atoms with E-state index in [0.717, 1.165) is 29.7 Å². The van der Waals surface area contributed by atoms with E-state index in [1.807, 2.05) is 61.5 Å². The third kappa shape index (κ3) is 4.35. The molecule has 0 unspecified atom stereocenters. The van der Waals surface area contributed by atoms with Crippen molar-refractivity contribution in [1.82, 2.24) is 9.97 Å². The van der Waals surface area contributed by atoms with Crippen LogP contribution in [0.1, 0.15) is 25.3 Å². The summed E-state index contributed by atoms with van der Waals surface area (Å²) < 4.78 is 5.59. The van der Waals surface area contributed by atoms with Crippen LogP contribution in [0, 0.1) is 0 Å². The number of para-hydroxylation sites is 3. The lowest BCUT2D eigenvalue weighted by Gasteiger charge is -2.11. The molecule has 2 aromatic carbocycles. The van der Waals surface area contributed by atoms with E-state index in [1.54, 1.807) is 6.20 Å². The highest BCUT2D eigenvalue weighted by Crippen LogP contribution is 2.30. The normalized spacial score (nSPS) is 10.8. The highest BCUT2D eigenvalue weighted by atomic mass is 16.5. The molecule has 2 heterocycles. The lowest BCUT2D eigenvalue weighted by atomic mass is 10.0. The number of pyridine rings is 1. The molecule has 0 aliphatic carbocycles. The standard InChI is InChI=1S/C25H25N3O2/c1-2-30-23-15-6-5-13-21(23)27-24(29)16-9-11-19-18-10-3-4-12-20(18)28-25(19)22-14-7-8-17-26-22/h3-8,10,12-15,17,28H,2,9,11,16H2,1H3,(H,27,29). The zero-order chi connectivity index (χ0) is 20.8. The molecule has 0 radical (unpaired) electrons. The fourth-order valence-electron chi connectivity index (χ4n) is 3.68. The van der Waals surface area contributed by atoms with Crippen molar-refractivity contribution in [3.8, 4) is 17.1 Å². The van der Waals surface area contributed by atoms with E-state index in [0.29, 0.717) is 24.5 Å². The maximum absolute atomic E-state index is 12.5. The average molecular weight is 399 g/mol. The number of fused-ring (bicyclic) bond motifs is 1. The van der Waals surface area contributed by atoms with Crippen LogP contribution in [0.25, 0.3) is 22.3 Å². The van der Waals surface area contributed by atoms with Crippen molar-refractivity contribution in [2.75, 3.05) is 11.9 Å². The monoisotopic (exact) mass is 399 g/mol. The largest absolute Gasteiger partial charge is 0.492 e. The van der Waals surface area contributed by atoms with Gasteiger partial charge in [-0.1, -0.05) is 36.4 Å². The molecular formula is C25H25N3O2. The highest BCUT2D eigenvalue weighted by Gasteiger charge is 2.14. The van der Waals surface area contributed by atoms with Gasteiger partial charge in [-0.2, -0.15) is 0 Å². The number of hydrogen-bond acceptors (Lipinski definition) is 3. The number of H-pyrrole nitrogens is 1. The molecular weight excluding hydrogens is 374 g/mol. The van der Waals surface area contributed by atoms with Crippen LogP contribution in [-0.2, 0) is 11.2 Å². The summed E-state index contributed by atoms with van der Waals surface area (Å²) in [5, 5.41) is 4.16. The lowest BCUT2D eigenvalue weighted by molar-refractivity contribution is -0.116. The van der Waals surface area contributed by atoms with Crippen LogP contribution in [0.2, 0.25) is 0 Å². The summed E-state index contributed by atoms with van der Waals surface area (Å²) in [6, 6.07) is 21.7. The van der Waals surface area contributed by atoms with Crippen molar-refractivity contribution in [1.29, 1.82) is 0 Å². The van der Waals surface area contributed by atoms with Gasteiger partial charge in [-0.15, -0.1) is 0 Å². The SMILES string of the molecule is CCOc1ccccc1NC(=O)CCCc1c(-c2ccccn2)[nH]c2ccccc12. The maximum Gasteiger partial charge on any atom is 0.224 e. The maximum atomic E-state index is 12.5. The van der Waals surface area contributed by atoms with Crippen molar-refractivity contribution in [3.63, 3.8) is 0 Å². The summed E-state index contributed by atoms with van der Waals surface area (Å²) in [4.78, 5) is 20.5. The molecule has 2 N–H and O–H groups in total. The first-order valence-electron chi connectivity index (χ1n) is 10.3. The Kier molecular flexibility index (Phi) is 6.09. The number of ether oxygens (including phenoxy) is 1. The number of nitrogens with one attached hydrogen (secondary N) is 2. The van der Waals surface area contributed by atoms with Crippen molar-refractivity contribution in [2.45, 2.75) is 26.2 Å². The van der Waals surface area contributed by atoms with Gasteiger partial charge in [-0.25, -0.2) is 0 Å². The van der Waals surface area contributed by atoms with Gasteiger partial charge < -0.3 is 15.0 Å². The van der Waals surface area contributed by atoms with Gasteiger partial charge in [0.25, 0.3) is 0 Å². The van der Waals surface area contributed by atoms with Gasteiger partial charge >= 0.3 is 0 Å². The number of nitrogens with zero attached hydrogens (tertiary/aromatic N) is 1. The Morgan fingerprint density at radius 2 is 1.83 bits per heavy atom. The zero-order valence-electron chi connectivity index (χ0n) is 17.0. The molecule has 0 fully saturated rings. The molecule has 30 heavy (non-hydrogen) atoms. The zero-order valence-corrected chi connectivity index (χ0v) is 17.0. The minimum Gasteiger partial charge on any atom is -0.492 e. The van der Waals surface area contributed by atoms with Crippen molar-refractivity contribution in [3.05, 3.63) is 78.5 Å². The molecule has 4 rings (SSSR count). The second-order valence-electron chi connectivity index (χ2n) is 7.07. The van der Waals surface area contributed by atoms with Crippen LogP contribution in [0.15, 0.2) is 72.9 Å². The van der Waals surface area contributed by atoms with Crippen LogP contribution in [0.5, 0.6) is 5.75 Å². The number of carbonyl (C=O) groups excluding carboxylic acids is 1. The number of benzene rings is 2. The Balaban J connectivity index is 1.47. The molecule has 5 heteroatoms. The van der Waals surface area contributed by atoms with Crippen molar-refractivity contribution in [2.24, 2.45) is 0 Å². The number of amides is 1. The summed E-state index contributed by atoms with van der Waals surface area (Å²) in [7, 11) is 0. The van der Waals surface area contributed by atoms with E-state index in [4.69, 9.17) is 4.74 Å². The number of aromatic amines is 1. The number of rotatable bonds is 8. The second-order valence-corrected chi connectivity index (χ2v) is 7.07. The minimum atomic E-state index is -0.0126. The number of carbonyl (C=O) groups is 1. The van der Waals surface area contributed by atoms with Gasteiger partial charge in [-0.05, 0) is 55.7 Å². The number of hydrogen-bond donors (Lipinski definition) is 2. The van der Waals surface area contributed by atoms with Gasteiger partial charge in [0.15, 0.2) is 0 Å². The topological polar surface area (TPSA) is 67.0 Å². The first-order valence-corrected chi connectivity index (χ1v) is 10.3. The van der Waals surface area contributed by atoms with E-state index in [9.17, 15) is 4.79 Å². The lowest BCUT2D eigenvalue weighted by Crippen LogP contribution is -2.12. The van der Waals surface area contributed by atoms with Crippen LogP contribution in [0.4, 0.5) is 5.69 Å². The first kappa shape index (κ1) is 19.7. The molecule has 152 valence electrons. The van der Waals surface area contributed by atoms with E-state index >= 15 is 0 Å². The second kappa shape index (κ2) is 9.27. The molecule has 0 aliphatic rings. The Bertz CT molecular complexity index is 1140. The predicted octanol–water partition coefficient (Wildman–Crippen LogP) is 5.59. The fraction of sp³-hybridized carbons (Fsp3) is 0.200. The molecule has 5 nitrogen and oxygen atoms in total. The van der Waals surface area contributed by atoms with Gasteiger partial charge in [-0.3, -0.25) is 9.78 Å². The summed E-state index contributed by atoms with van der Waals surface area (Å²) in [5.41, 5.74) is 4.94. The van der Waals surface area contributed by atoms with E-state index in [-0.39, 0.29) is 5.91 Å². The van der Waals surface area contributed by atoms with Gasteiger partial charge in [0.05, 0.1) is 23.7 Å². The summed E-state index contributed by atoms with van der Waals surface area (Å²) in [6.07, 6.45) is 3.76. The van der Waals surface area contributed by atoms with Gasteiger partial charge in [0.1, 0.15) is 5.75 Å². The molecule has 0 saturated heterocycles. The van der Waals surface area contributed by atoms with Crippen LogP contribution in [0.3, 0.4) is 0 Å². The Morgan fingerprint density at radius 3 is 2.67 bits per heavy atom. The predicted molar refractivity (Wildman–Crippen MR) is 121 cm³/mol. The first-order chi connectivity index (χ1) is 14.8. The fourth-order valence-corrected chi connectivity index (χ4v) is 3.68. The molecule has 2 aromatic heterocycles. The summed E-state index contributed by atoms with van der Waals surface area (Å²) >= 11 is 0. The molecule has 0 bridgehead atoms. The third-order valence-corrected chi connectivity index (χ3v) is 5.03. The summed E-state index contributed by atoms with van der Waals surface area (Å²) in [5.74, 6) is 0.684. The number of aryl methyl sites for hydroxylation is 1. The molecule has 4 aromatic rings. The molecule has 0 saturated carbocycles. The smallest absolute Gasteiger partial charge is 0.224 e. The average Bonchev–Trinajstić information content (AvgIpc) is 3.15. The van der Waals surface area contributed by atoms with Gasteiger partial charge in [0.2, 0.25) is 5.91 Å². The van der Waals surface area contributed by atoms with E-state index in [2.05, 4.69) is 27.4 Å². The Morgan fingerprint density at radius 1 is 1.03 bits per heavy atom. The quantitative estimate of drug-likeness (QED) is 0.406. The van der Waals surface area contributed by atoms with E-state index in [1.165, 1.54) is 10.9 Å². The van der Waals surface area contributed by atoms with Crippen LogP contribution >= 0.6 is 0 Å². The van der Waals surface area contributed by atoms with Gasteiger partial charge in [0, 0.05) is 23.5 Å². The Hall–Kier alpha value is -3.60. The summed E-state index contributed by atoms with van der Waals surface area (Å²) in [6.45, 7) is 2.49. The number of anilines is 1. The molecule has 0 spiro atoms. The van der Waals surface area contributed by atoms with E-state index < -0.39 is 0 Å². The van der Waals surface area contributed by atoms with Crippen molar-refractivity contribution < 1.29 is 9.53 Å². The van der Waals surface area contributed by atoms with Crippen LogP contribution in [-0.4, -0.2) is 22.5 Å². The minimum absolute atomic E-state index is 0.0126. The third-order valence-electron chi connectivity index (χ3n) is 5.03. The molecule has 1 amide bonds. The van der Waals surface area contributed by atoms with Crippen LogP contribution < -0.4 is 10.1 Å². The van der Waals surface area contributed by atoms with Crippen molar-refractivity contribution >= 4 is 22.5 Å². The molecule has 0 atom stereocenters. The molecule has 0 aliphatic heterocycles.